The lowest BCUT2D eigenvalue weighted by molar-refractivity contribution is -0.384. The summed E-state index contributed by atoms with van der Waals surface area (Å²) in [4.78, 5) is 42.8. The van der Waals surface area contributed by atoms with Crippen LogP contribution in [-0.2, 0) is 17.9 Å². The van der Waals surface area contributed by atoms with Crippen LogP contribution in [0.5, 0.6) is 0 Å². The van der Waals surface area contributed by atoms with Crippen molar-refractivity contribution in [3.05, 3.63) is 96.7 Å². The van der Waals surface area contributed by atoms with E-state index >= 15 is 0 Å². The second kappa shape index (κ2) is 12.0. The van der Waals surface area contributed by atoms with Gasteiger partial charge in [0.2, 0.25) is 5.91 Å². The molecule has 1 aromatic heterocycles. The lowest BCUT2D eigenvalue weighted by Gasteiger charge is -2.29. The Morgan fingerprint density at radius 2 is 1.74 bits per heavy atom. The second-order valence-corrected chi connectivity index (χ2v) is 10.5. The van der Waals surface area contributed by atoms with E-state index in [1.807, 2.05) is 63.2 Å². The SMILES string of the molecule is Cc1ccc(CN(Cc2ccccc2)C(=O)CN(CC(C)C)C(=O)c2ccc([N+](=O)[O-])cc2Cl)s1. The smallest absolute Gasteiger partial charge is 0.270 e. The fourth-order valence-corrected chi connectivity index (χ4v) is 4.84. The number of nitro benzene ring substituents is 1. The molecule has 0 fully saturated rings. The van der Waals surface area contributed by atoms with E-state index in [-0.39, 0.29) is 34.6 Å². The fraction of sp³-hybridized carbons (Fsp3) is 0.308. The molecule has 0 radical (unpaired) electrons. The number of carbonyl (C=O) groups excluding carboxylic acids is 2. The predicted molar refractivity (Wildman–Crippen MR) is 139 cm³/mol. The molecule has 0 bridgehead atoms. The van der Waals surface area contributed by atoms with Gasteiger partial charge in [0.05, 0.1) is 22.1 Å². The fourth-order valence-electron chi connectivity index (χ4n) is 3.68. The third-order valence-corrected chi connectivity index (χ3v) is 6.60. The van der Waals surface area contributed by atoms with Crippen LogP contribution in [0.15, 0.2) is 60.7 Å². The standard InChI is InChI=1S/C26H28ClN3O4S/c1-18(2)14-29(26(32)23-12-10-21(30(33)34)13-24(23)27)17-25(31)28(15-20-7-5-4-6-8-20)16-22-11-9-19(3)35-22/h4-13,18H,14-17H2,1-3H3. The van der Waals surface area contributed by atoms with Crippen LogP contribution in [0.2, 0.25) is 5.02 Å². The summed E-state index contributed by atoms with van der Waals surface area (Å²) < 4.78 is 0. The normalized spacial score (nSPS) is 10.9. The van der Waals surface area contributed by atoms with Crippen LogP contribution < -0.4 is 0 Å². The minimum atomic E-state index is -0.566. The molecular formula is C26H28ClN3O4S. The van der Waals surface area contributed by atoms with Crippen molar-refractivity contribution in [2.75, 3.05) is 13.1 Å². The van der Waals surface area contributed by atoms with Gasteiger partial charge in [0.15, 0.2) is 0 Å². The molecule has 3 rings (SSSR count). The number of amides is 2. The molecule has 2 amide bonds. The first kappa shape index (κ1) is 26.4. The zero-order valence-corrected chi connectivity index (χ0v) is 21.5. The number of halogens is 1. The van der Waals surface area contributed by atoms with E-state index in [4.69, 9.17) is 11.6 Å². The van der Waals surface area contributed by atoms with Gasteiger partial charge >= 0.3 is 0 Å². The molecule has 0 unspecified atom stereocenters. The van der Waals surface area contributed by atoms with Crippen LogP contribution in [0.4, 0.5) is 5.69 Å². The number of hydrogen-bond acceptors (Lipinski definition) is 5. The number of nitrogens with zero attached hydrogens (tertiary/aromatic N) is 3. The topological polar surface area (TPSA) is 83.8 Å². The Bertz CT molecular complexity index is 1200. The van der Waals surface area contributed by atoms with Crippen molar-refractivity contribution in [3.8, 4) is 0 Å². The Labute approximate surface area is 214 Å². The van der Waals surface area contributed by atoms with Gasteiger partial charge in [0.25, 0.3) is 11.6 Å². The largest absolute Gasteiger partial charge is 0.332 e. The summed E-state index contributed by atoms with van der Waals surface area (Å²) in [5.74, 6) is -0.517. The highest BCUT2D eigenvalue weighted by Crippen LogP contribution is 2.25. The van der Waals surface area contributed by atoms with Gasteiger partial charge in [-0.3, -0.25) is 19.7 Å². The molecule has 0 atom stereocenters. The number of benzene rings is 2. The Balaban J connectivity index is 1.85. The van der Waals surface area contributed by atoms with Gasteiger partial charge in [-0.05, 0) is 36.6 Å². The highest BCUT2D eigenvalue weighted by Gasteiger charge is 2.26. The molecule has 0 saturated carbocycles. The summed E-state index contributed by atoms with van der Waals surface area (Å²) in [6, 6.07) is 17.5. The van der Waals surface area contributed by atoms with Crippen LogP contribution in [0.25, 0.3) is 0 Å². The van der Waals surface area contributed by atoms with Crippen LogP contribution in [-0.4, -0.2) is 39.6 Å². The van der Waals surface area contributed by atoms with Crippen molar-refractivity contribution in [1.29, 1.82) is 0 Å². The molecule has 0 N–H and O–H groups in total. The van der Waals surface area contributed by atoms with E-state index in [1.54, 1.807) is 16.2 Å². The third-order valence-electron chi connectivity index (χ3n) is 5.30. The lowest BCUT2D eigenvalue weighted by atomic mass is 10.1. The summed E-state index contributed by atoms with van der Waals surface area (Å²) in [5.41, 5.74) is 0.932. The molecule has 7 nitrogen and oxygen atoms in total. The predicted octanol–water partition coefficient (Wildman–Crippen LogP) is 5.95. The summed E-state index contributed by atoms with van der Waals surface area (Å²) in [5, 5.41) is 11.0. The van der Waals surface area contributed by atoms with Crippen molar-refractivity contribution >= 4 is 40.4 Å². The second-order valence-electron chi connectivity index (χ2n) is 8.75. The number of rotatable bonds is 10. The number of hydrogen-bond donors (Lipinski definition) is 0. The number of aryl methyl sites for hydroxylation is 1. The number of thiophene rings is 1. The van der Waals surface area contributed by atoms with E-state index in [2.05, 4.69) is 0 Å². The molecule has 0 aliphatic rings. The minimum absolute atomic E-state index is 0.0133. The molecule has 0 spiro atoms. The van der Waals surface area contributed by atoms with Crippen LogP contribution >= 0.6 is 22.9 Å². The zero-order chi connectivity index (χ0) is 25.5. The number of non-ortho nitro benzene ring substituents is 1. The van der Waals surface area contributed by atoms with Gasteiger partial charge in [0, 0.05) is 35.0 Å². The van der Waals surface area contributed by atoms with E-state index in [9.17, 15) is 19.7 Å². The summed E-state index contributed by atoms with van der Waals surface area (Å²) in [7, 11) is 0. The average Bonchev–Trinajstić information content (AvgIpc) is 3.22. The van der Waals surface area contributed by atoms with E-state index in [0.29, 0.717) is 19.6 Å². The third kappa shape index (κ3) is 7.37. The Kier molecular flexibility index (Phi) is 9.01. The molecule has 2 aromatic carbocycles. The zero-order valence-electron chi connectivity index (χ0n) is 19.9. The summed E-state index contributed by atoms with van der Waals surface area (Å²) in [6.45, 7) is 7.01. The summed E-state index contributed by atoms with van der Waals surface area (Å²) in [6.07, 6.45) is 0. The maximum atomic E-state index is 13.5. The first-order chi connectivity index (χ1) is 16.6. The van der Waals surface area contributed by atoms with Crippen molar-refractivity contribution in [2.45, 2.75) is 33.9 Å². The van der Waals surface area contributed by atoms with Gasteiger partial charge < -0.3 is 9.80 Å². The van der Waals surface area contributed by atoms with Crippen molar-refractivity contribution < 1.29 is 14.5 Å². The van der Waals surface area contributed by atoms with E-state index in [1.165, 1.54) is 17.0 Å². The number of nitro groups is 1. The van der Waals surface area contributed by atoms with Crippen molar-refractivity contribution in [2.24, 2.45) is 5.92 Å². The first-order valence-corrected chi connectivity index (χ1v) is 12.4. The molecule has 9 heteroatoms. The Morgan fingerprint density at radius 3 is 2.31 bits per heavy atom. The maximum absolute atomic E-state index is 13.5. The molecule has 1 heterocycles. The summed E-state index contributed by atoms with van der Waals surface area (Å²) >= 11 is 7.85. The molecular weight excluding hydrogens is 486 g/mol. The minimum Gasteiger partial charge on any atom is -0.332 e. The highest BCUT2D eigenvalue weighted by atomic mass is 35.5. The van der Waals surface area contributed by atoms with E-state index in [0.717, 1.165) is 21.4 Å². The Hall–Kier alpha value is -3.23. The molecule has 0 saturated heterocycles. The molecule has 0 aliphatic heterocycles. The van der Waals surface area contributed by atoms with Crippen LogP contribution in [0.3, 0.4) is 0 Å². The molecule has 35 heavy (non-hydrogen) atoms. The quantitative estimate of drug-likeness (QED) is 0.248. The van der Waals surface area contributed by atoms with Crippen LogP contribution in [0.1, 0.15) is 39.5 Å². The average molecular weight is 514 g/mol. The lowest BCUT2D eigenvalue weighted by Crippen LogP contribution is -2.44. The van der Waals surface area contributed by atoms with Gasteiger partial charge in [-0.25, -0.2) is 0 Å². The van der Waals surface area contributed by atoms with Gasteiger partial charge in [-0.2, -0.15) is 0 Å². The first-order valence-electron chi connectivity index (χ1n) is 11.2. The van der Waals surface area contributed by atoms with Gasteiger partial charge in [-0.1, -0.05) is 55.8 Å². The highest BCUT2D eigenvalue weighted by molar-refractivity contribution is 7.11. The van der Waals surface area contributed by atoms with Gasteiger partial charge in [0.1, 0.15) is 6.54 Å². The van der Waals surface area contributed by atoms with Crippen LogP contribution in [0, 0.1) is 23.0 Å². The Morgan fingerprint density at radius 1 is 1.03 bits per heavy atom. The van der Waals surface area contributed by atoms with Crippen molar-refractivity contribution in [3.63, 3.8) is 0 Å². The van der Waals surface area contributed by atoms with E-state index < -0.39 is 10.8 Å². The van der Waals surface area contributed by atoms with Gasteiger partial charge in [-0.15, -0.1) is 11.3 Å². The number of carbonyl (C=O) groups is 2. The van der Waals surface area contributed by atoms with Crippen molar-refractivity contribution in [1.82, 2.24) is 9.80 Å². The maximum Gasteiger partial charge on any atom is 0.270 e. The molecule has 184 valence electrons. The monoisotopic (exact) mass is 513 g/mol. The molecule has 0 aliphatic carbocycles. The molecule has 3 aromatic rings.